The van der Waals surface area contributed by atoms with Crippen LogP contribution in [-0.4, -0.2) is 57.7 Å². The van der Waals surface area contributed by atoms with Crippen LogP contribution in [0.15, 0.2) is 18.5 Å². The fourth-order valence-electron chi connectivity index (χ4n) is 2.90. The van der Waals surface area contributed by atoms with Crippen molar-refractivity contribution < 1.29 is 0 Å². The maximum absolute atomic E-state index is 6.27. The lowest BCUT2D eigenvalue weighted by Crippen LogP contribution is -2.45. The molecule has 114 valence electrons. The molecule has 0 radical (unpaired) electrons. The van der Waals surface area contributed by atoms with E-state index < -0.39 is 0 Å². The largest absolute Gasteiger partial charge is 0.351 e. The standard InChI is InChI=1S/C15H17ClN6/c1-10-7-13-12(8-11(10)16)18-14(15-19-17-9-22(13)15)21-5-3-20(2)4-6-21/h7-9H,3-6H2,1-2H3. The lowest BCUT2D eigenvalue weighted by Gasteiger charge is -2.33. The number of aryl methyl sites for hydroxylation is 1. The molecule has 3 heterocycles. The maximum atomic E-state index is 6.27. The highest BCUT2D eigenvalue weighted by Gasteiger charge is 2.20. The Labute approximate surface area is 133 Å². The topological polar surface area (TPSA) is 49.6 Å². The van der Waals surface area contributed by atoms with E-state index in [0.29, 0.717) is 0 Å². The van der Waals surface area contributed by atoms with E-state index in [0.717, 1.165) is 59.3 Å². The van der Waals surface area contributed by atoms with Crippen molar-refractivity contribution in [2.75, 3.05) is 38.1 Å². The first kappa shape index (κ1) is 13.7. The Bertz CT molecular complexity index is 850. The van der Waals surface area contributed by atoms with Crippen LogP contribution in [-0.2, 0) is 0 Å². The van der Waals surface area contributed by atoms with Gasteiger partial charge in [0, 0.05) is 31.2 Å². The molecule has 3 aromatic rings. The lowest BCUT2D eigenvalue weighted by atomic mass is 10.2. The number of fused-ring (bicyclic) bond motifs is 3. The Morgan fingerprint density at radius 1 is 1.14 bits per heavy atom. The number of piperazine rings is 1. The highest BCUT2D eigenvalue weighted by Crippen LogP contribution is 2.27. The summed E-state index contributed by atoms with van der Waals surface area (Å²) in [4.78, 5) is 9.42. The summed E-state index contributed by atoms with van der Waals surface area (Å²) >= 11 is 6.27. The predicted octanol–water partition coefficient (Wildman–Crippen LogP) is 1.99. The molecule has 0 amide bonds. The predicted molar refractivity (Wildman–Crippen MR) is 87.7 cm³/mol. The Hall–Kier alpha value is -1.92. The van der Waals surface area contributed by atoms with Gasteiger partial charge in [-0.05, 0) is 31.7 Å². The van der Waals surface area contributed by atoms with Crippen LogP contribution in [0.1, 0.15) is 5.56 Å². The van der Waals surface area contributed by atoms with Crippen molar-refractivity contribution in [3.63, 3.8) is 0 Å². The molecule has 7 heteroatoms. The van der Waals surface area contributed by atoms with E-state index in [1.165, 1.54) is 0 Å². The summed E-state index contributed by atoms with van der Waals surface area (Å²) in [6.45, 7) is 5.92. The van der Waals surface area contributed by atoms with Crippen LogP contribution in [0.25, 0.3) is 16.7 Å². The molecular formula is C15H17ClN6. The van der Waals surface area contributed by atoms with Gasteiger partial charge in [-0.25, -0.2) is 4.98 Å². The van der Waals surface area contributed by atoms with Gasteiger partial charge in [0.05, 0.1) is 11.0 Å². The molecule has 0 N–H and O–H groups in total. The molecule has 0 spiro atoms. The monoisotopic (exact) mass is 316 g/mol. The van der Waals surface area contributed by atoms with Gasteiger partial charge in [-0.15, -0.1) is 10.2 Å². The second kappa shape index (κ2) is 5.07. The average molecular weight is 317 g/mol. The molecule has 0 atom stereocenters. The van der Waals surface area contributed by atoms with E-state index in [1.807, 2.05) is 23.5 Å². The minimum Gasteiger partial charge on any atom is -0.351 e. The van der Waals surface area contributed by atoms with Crippen LogP contribution in [0.2, 0.25) is 5.02 Å². The van der Waals surface area contributed by atoms with Crippen molar-refractivity contribution >= 4 is 34.1 Å². The lowest BCUT2D eigenvalue weighted by molar-refractivity contribution is 0.312. The van der Waals surface area contributed by atoms with Gasteiger partial charge in [0.25, 0.3) is 0 Å². The average Bonchev–Trinajstić information content (AvgIpc) is 2.99. The van der Waals surface area contributed by atoms with E-state index in [4.69, 9.17) is 16.6 Å². The molecule has 6 nitrogen and oxygen atoms in total. The van der Waals surface area contributed by atoms with Crippen molar-refractivity contribution in [2.24, 2.45) is 0 Å². The quantitative estimate of drug-likeness (QED) is 0.687. The fourth-order valence-corrected chi connectivity index (χ4v) is 3.05. The van der Waals surface area contributed by atoms with Crippen molar-refractivity contribution in [3.8, 4) is 0 Å². The summed E-state index contributed by atoms with van der Waals surface area (Å²) in [5.74, 6) is 0.887. The van der Waals surface area contributed by atoms with Crippen molar-refractivity contribution in [1.29, 1.82) is 0 Å². The summed E-state index contributed by atoms with van der Waals surface area (Å²) < 4.78 is 2.00. The summed E-state index contributed by atoms with van der Waals surface area (Å²) in [7, 11) is 2.14. The first-order chi connectivity index (χ1) is 10.6. The molecule has 0 bridgehead atoms. The highest BCUT2D eigenvalue weighted by molar-refractivity contribution is 6.32. The Morgan fingerprint density at radius 2 is 1.91 bits per heavy atom. The molecule has 1 aromatic carbocycles. The fraction of sp³-hybridized carbons (Fsp3) is 0.400. The third-order valence-electron chi connectivity index (χ3n) is 4.29. The number of hydrogen-bond acceptors (Lipinski definition) is 5. The van der Waals surface area contributed by atoms with Gasteiger partial charge in [-0.1, -0.05) is 11.6 Å². The van der Waals surface area contributed by atoms with Crippen LogP contribution < -0.4 is 4.90 Å². The molecule has 0 unspecified atom stereocenters. The zero-order valence-electron chi connectivity index (χ0n) is 12.6. The summed E-state index contributed by atoms with van der Waals surface area (Å²) in [6.07, 6.45) is 1.74. The first-order valence-corrected chi connectivity index (χ1v) is 7.74. The van der Waals surface area contributed by atoms with Crippen molar-refractivity contribution in [1.82, 2.24) is 24.5 Å². The Kier molecular flexibility index (Phi) is 3.16. The number of hydrogen-bond donors (Lipinski definition) is 0. The van der Waals surface area contributed by atoms with Gasteiger partial charge in [0.1, 0.15) is 6.33 Å². The summed E-state index contributed by atoms with van der Waals surface area (Å²) in [5.41, 5.74) is 3.69. The van der Waals surface area contributed by atoms with E-state index in [1.54, 1.807) is 6.33 Å². The van der Waals surface area contributed by atoms with Crippen LogP contribution in [0, 0.1) is 6.92 Å². The van der Waals surface area contributed by atoms with E-state index in [-0.39, 0.29) is 0 Å². The third-order valence-corrected chi connectivity index (χ3v) is 4.70. The highest BCUT2D eigenvalue weighted by atomic mass is 35.5. The van der Waals surface area contributed by atoms with Crippen LogP contribution >= 0.6 is 11.6 Å². The molecule has 1 fully saturated rings. The Balaban J connectivity index is 1.93. The number of anilines is 1. The second-order valence-electron chi connectivity index (χ2n) is 5.84. The zero-order valence-corrected chi connectivity index (χ0v) is 13.4. The van der Waals surface area contributed by atoms with Gasteiger partial charge in [-0.3, -0.25) is 4.40 Å². The molecule has 2 aromatic heterocycles. The number of aromatic nitrogens is 4. The normalized spacial score (nSPS) is 16.8. The van der Waals surface area contributed by atoms with E-state index in [2.05, 4.69) is 27.0 Å². The summed E-state index contributed by atoms with van der Waals surface area (Å²) in [5, 5.41) is 9.09. The molecule has 0 saturated carbocycles. The summed E-state index contributed by atoms with van der Waals surface area (Å²) in [6, 6.07) is 3.96. The third kappa shape index (κ3) is 2.10. The molecule has 0 aliphatic carbocycles. The SMILES string of the molecule is Cc1cc2c(cc1Cl)nc(N1CCN(C)CC1)c1nncn12. The number of nitrogens with zero attached hydrogens (tertiary/aromatic N) is 6. The maximum Gasteiger partial charge on any atom is 0.204 e. The molecule has 1 aliphatic rings. The van der Waals surface area contributed by atoms with Crippen molar-refractivity contribution in [2.45, 2.75) is 6.92 Å². The van der Waals surface area contributed by atoms with Gasteiger partial charge in [0.2, 0.25) is 5.65 Å². The number of benzene rings is 1. The Morgan fingerprint density at radius 3 is 2.68 bits per heavy atom. The number of halogens is 1. The van der Waals surface area contributed by atoms with Gasteiger partial charge < -0.3 is 9.80 Å². The van der Waals surface area contributed by atoms with Crippen LogP contribution in [0.4, 0.5) is 5.82 Å². The van der Waals surface area contributed by atoms with Gasteiger partial charge in [-0.2, -0.15) is 0 Å². The van der Waals surface area contributed by atoms with E-state index in [9.17, 15) is 0 Å². The van der Waals surface area contributed by atoms with Crippen LogP contribution in [0.5, 0.6) is 0 Å². The number of likely N-dealkylation sites (N-methyl/N-ethyl adjacent to an activating group) is 1. The molecule has 1 aliphatic heterocycles. The molecule has 4 rings (SSSR count). The second-order valence-corrected chi connectivity index (χ2v) is 6.25. The first-order valence-electron chi connectivity index (χ1n) is 7.36. The van der Waals surface area contributed by atoms with Crippen LogP contribution in [0.3, 0.4) is 0 Å². The van der Waals surface area contributed by atoms with Crippen molar-refractivity contribution in [3.05, 3.63) is 29.0 Å². The van der Waals surface area contributed by atoms with E-state index >= 15 is 0 Å². The molecule has 1 saturated heterocycles. The zero-order chi connectivity index (χ0) is 15.3. The minimum absolute atomic E-state index is 0.733. The molecule has 22 heavy (non-hydrogen) atoms. The number of rotatable bonds is 1. The minimum atomic E-state index is 0.733. The van der Waals surface area contributed by atoms with Gasteiger partial charge >= 0.3 is 0 Å². The molecular weight excluding hydrogens is 300 g/mol. The smallest absolute Gasteiger partial charge is 0.204 e. The van der Waals surface area contributed by atoms with Gasteiger partial charge in [0.15, 0.2) is 5.82 Å².